The molecule has 0 atom stereocenters. The van der Waals surface area contributed by atoms with Crippen molar-refractivity contribution in [1.82, 2.24) is 19.9 Å². The molecule has 4 heterocycles. The quantitative estimate of drug-likeness (QED) is 0.365. The maximum atomic E-state index is 12.7. The van der Waals surface area contributed by atoms with Crippen molar-refractivity contribution < 1.29 is 18.0 Å². The number of amides is 2. The van der Waals surface area contributed by atoms with E-state index in [9.17, 15) is 18.0 Å². The normalized spacial score (nSPS) is 14.7. The van der Waals surface area contributed by atoms with Crippen molar-refractivity contribution >= 4 is 34.3 Å². The number of fused-ring (bicyclic) bond motifs is 1. The maximum absolute atomic E-state index is 12.7. The van der Waals surface area contributed by atoms with Crippen LogP contribution >= 0.6 is 0 Å². The van der Waals surface area contributed by atoms with Crippen LogP contribution in [0.3, 0.4) is 0 Å². The molecular weight excluding hydrogens is 471 g/mol. The number of pyridine rings is 2. The number of hydrogen-bond acceptors (Lipinski definition) is 5. The zero-order chi connectivity index (χ0) is 25.1. The third kappa shape index (κ3) is 5.41. The van der Waals surface area contributed by atoms with E-state index in [-0.39, 0.29) is 5.69 Å². The first-order chi connectivity index (χ1) is 17.3. The molecule has 1 aliphatic rings. The molecule has 1 aromatic carbocycles. The van der Waals surface area contributed by atoms with Gasteiger partial charge in [-0.2, -0.15) is 13.2 Å². The summed E-state index contributed by atoms with van der Waals surface area (Å²) in [6.07, 6.45) is -0.991. The fourth-order valence-electron chi connectivity index (χ4n) is 4.14. The summed E-state index contributed by atoms with van der Waals surface area (Å²) in [5.41, 5.74) is 2.36. The Kier molecular flexibility index (Phi) is 6.47. The van der Waals surface area contributed by atoms with Gasteiger partial charge in [-0.1, -0.05) is 6.07 Å². The van der Waals surface area contributed by atoms with Gasteiger partial charge in [0.15, 0.2) is 0 Å². The fraction of sp³-hybridized carbons (Fsp3) is 0.240. The largest absolute Gasteiger partial charge is 0.416 e. The first kappa shape index (κ1) is 23.6. The topological polar surface area (TPSA) is 89.2 Å². The van der Waals surface area contributed by atoms with Crippen LogP contribution in [0.1, 0.15) is 11.3 Å². The van der Waals surface area contributed by atoms with Crippen molar-refractivity contribution in [2.24, 2.45) is 0 Å². The Bertz CT molecular complexity index is 1330. The SMILES string of the molecule is O=C(Nc1ccc(C(F)(F)F)cc1)Nc1c[nH]c2ccc(N3CCN(Cc4ccccn4)CC3)nc12. The van der Waals surface area contributed by atoms with E-state index >= 15 is 0 Å². The summed E-state index contributed by atoms with van der Waals surface area (Å²) < 4.78 is 38.2. The summed E-state index contributed by atoms with van der Waals surface area (Å²) in [7, 11) is 0. The summed E-state index contributed by atoms with van der Waals surface area (Å²) in [6, 6.07) is 13.5. The van der Waals surface area contributed by atoms with Crippen LogP contribution in [0.4, 0.5) is 35.2 Å². The number of carbonyl (C=O) groups is 1. The van der Waals surface area contributed by atoms with Crippen LogP contribution in [0.15, 0.2) is 67.0 Å². The van der Waals surface area contributed by atoms with Crippen molar-refractivity contribution in [3.63, 3.8) is 0 Å². The van der Waals surface area contributed by atoms with E-state index in [2.05, 4.69) is 30.4 Å². The van der Waals surface area contributed by atoms with E-state index in [1.165, 1.54) is 12.1 Å². The number of hydrogen-bond donors (Lipinski definition) is 3. The Hall–Kier alpha value is -4.12. The fourth-order valence-corrected chi connectivity index (χ4v) is 4.14. The van der Waals surface area contributed by atoms with Crippen molar-refractivity contribution in [1.29, 1.82) is 0 Å². The second-order valence-electron chi connectivity index (χ2n) is 8.51. The Labute approximate surface area is 205 Å². The average Bonchev–Trinajstić information content (AvgIpc) is 3.26. The first-order valence-electron chi connectivity index (χ1n) is 11.5. The van der Waals surface area contributed by atoms with E-state index in [1.54, 1.807) is 12.4 Å². The van der Waals surface area contributed by atoms with Crippen molar-refractivity contribution in [3.8, 4) is 0 Å². The molecule has 36 heavy (non-hydrogen) atoms. The minimum absolute atomic E-state index is 0.248. The number of urea groups is 1. The monoisotopic (exact) mass is 495 g/mol. The lowest BCUT2D eigenvalue weighted by molar-refractivity contribution is -0.137. The Balaban J connectivity index is 1.22. The van der Waals surface area contributed by atoms with Crippen LogP contribution in [0, 0.1) is 0 Å². The number of nitrogens with zero attached hydrogens (tertiary/aromatic N) is 4. The number of nitrogens with one attached hydrogen (secondary N) is 3. The summed E-state index contributed by atoms with van der Waals surface area (Å²) in [4.78, 5) is 29.3. The molecule has 0 spiro atoms. The Morgan fingerprint density at radius 3 is 2.44 bits per heavy atom. The van der Waals surface area contributed by atoms with Crippen LogP contribution in [0.25, 0.3) is 11.0 Å². The number of piperazine rings is 1. The Morgan fingerprint density at radius 2 is 1.75 bits per heavy atom. The van der Waals surface area contributed by atoms with Gasteiger partial charge in [-0.15, -0.1) is 0 Å². The summed E-state index contributed by atoms with van der Waals surface area (Å²) in [6.45, 7) is 4.19. The second kappa shape index (κ2) is 9.86. The summed E-state index contributed by atoms with van der Waals surface area (Å²) >= 11 is 0. The molecule has 0 saturated carbocycles. The zero-order valence-corrected chi connectivity index (χ0v) is 19.2. The standard InChI is InChI=1S/C25H24F3N7O/c26-25(27,28)17-4-6-18(7-5-17)31-24(36)32-21-15-30-20-8-9-22(33-23(20)21)35-13-11-34(12-14-35)16-19-3-1-2-10-29-19/h1-10,15,30H,11-14,16H2,(H2,31,32,36). The third-order valence-electron chi connectivity index (χ3n) is 6.03. The number of benzene rings is 1. The molecule has 11 heteroatoms. The van der Waals surface area contributed by atoms with Crippen molar-refractivity contribution in [2.45, 2.75) is 12.7 Å². The molecule has 0 radical (unpaired) electrons. The number of rotatable bonds is 5. The first-order valence-corrected chi connectivity index (χ1v) is 11.5. The summed E-state index contributed by atoms with van der Waals surface area (Å²) in [5.74, 6) is 0.811. The summed E-state index contributed by atoms with van der Waals surface area (Å²) in [5, 5.41) is 5.27. The predicted octanol–water partition coefficient (Wildman–Crippen LogP) is 4.94. The molecule has 186 valence electrons. The van der Waals surface area contributed by atoms with Crippen LogP contribution in [-0.2, 0) is 12.7 Å². The number of aromatic nitrogens is 3. The van der Waals surface area contributed by atoms with Gasteiger partial charge in [0.25, 0.3) is 0 Å². The highest BCUT2D eigenvalue weighted by Gasteiger charge is 2.30. The van der Waals surface area contributed by atoms with Gasteiger partial charge in [0.2, 0.25) is 0 Å². The molecule has 1 fully saturated rings. The van der Waals surface area contributed by atoms with Crippen LogP contribution < -0.4 is 15.5 Å². The van der Waals surface area contributed by atoms with Gasteiger partial charge in [0, 0.05) is 50.8 Å². The number of aromatic amines is 1. The molecule has 1 saturated heterocycles. The van der Waals surface area contributed by atoms with Gasteiger partial charge in [-0.05, 0) is 48.5 Å². The molecule has 0 aliphatic carbocycles. The highest BCUT2D eigenvalue weighted by molar-refractivity contribution is 6.05. The highest BCUT2D eigenvalue weighted by atomic mass is 19.4. The van der Waals surface area contributed by atoms with Crippen LogP contribution in [0.5, 0.6) is 0 Å². The minimum Gasteiger partial charge on any atom is -0.358 e. The number of carbonyl (C=O) groups excluding carboxylic acids is 1. The lowest BCUT2D eigenvalue weighted by Gasteiger charge is -2.35. The van der Waals surface area contributed by atoms with Crippen molar-refractivity contribution in [3.05, 3.63) is 78.2 Å². The number of H-pyrrole nitrogens is 1. The van der Waals surface area contributed by atoms with Crippen LogP contribution in [-0.4, -0.2) is 52.1 Å². The van der Waals surface area contributed by atoms with E-state index in [1.807, 2.05) is 30.3 Å². The molecule has 5 rings (SSSR count). The Morgan fingerprint density at radius 1 is 0.972 bits per heavy atom. The lowest BCUT2D eigenvalue weighted by atomic mass is 10.2. The minimum atomic E-state index is -4.43. The molecule has 3 aromatic heterocycles. The van der Waals surface area contributed by atoms with Gasteiger partial charge in [0.1, 0.15) is 11.3 Å². The number of alkyl halides is 3. The molecule has 0 bridgehead atoms. The number of anilines is 3. The van der Waals surface area contributed by atoms with Crippen molar-refractivity contribution in [2.75, 3.05) is 41.7 Å². The van der Waals surface area contributed by atoms with Gasteiger partial charge < -0.3 is 20.5 Å². The van der Waals surface area contributed by atoms with Crippen LogP contribution in [0.2, 0.25) is 0 Å². The predicted molar refractivity (Wildman–Crippen MR) is 132 cm³/mol. The van der Waals surface area contributed by atoms with Gasteiger partial charge in [-0.3, -0.25) is 9.88 Å². The maximum Gasteiger partial charge on any atom is 0.416 e. The number of halogens is 3. The van der Waals surface area contributed by atoms with Gasteiger partial charge >= 0.3 is 12.2 Å². The average molecular weight is 496 g/mol. The van der Waals surface area contributed by atoms with E-state index < -0.39 is 17.8 Å². The molecule has 8 nitrogen and oxygen atoms in total. The molecule has 0 unspecified atom stereocenters. The molecule has 3 N–H and O–H groups in total. The van der Waals surface area contributed by atoms with E-state index in [0.29, 0.717) is 11.2 Å². The van der Waals surface area contributed by atoms with E-state index in [4.69, 9.17) is 4.98 Å². The molecule has 1 aliphatic heterocycles. The van der Waals surface area contributed by atoms with Gasteiger partial charge in [0.05, 0.1) is 22.5 Å². The van der Waals surface area contributed by atoms with Gasteiger partial charge in [-0.25, -0.2) is 9.78 Å². The second-order valence-corrected chi connectivity index (χ2v) is 8.51. The molecular formula is C25H24F3N7O. The smallest absolute Gasteiger partial charge is 0.358 e. The molecule has 4 aromatic rings. The lowest BCUT2D eigenvalue weighted by Crippen LogP contribution is -2.46. The molecule has 2 amide bonds. The third-order valence-corrected chi connectivity index (χ3v) is 6.03. The highest BCUT2D eigenvalue weighted by Crippen LogP contribution is 2.30. The van der Waals surface area contributed by atoms with E-state index in [0.717, 1.165) is 61.9 Å². The zero-order valence-electron chi connectivity index (χ0n) is 19.2.